The summed E-state index contributed by atoms with van der Waals surface area (Å²) in [5.74, 6) is 1.32. The number of aliphatic hydroxyl groups is 1. The molecule has 1 saturated heterocycles. The molecule has 1 heterocycles. The zero-order valence-electron chi connectivity index (χ0n) is 16.8. The van der Waals surface area contributed by atoms with Crippen LogP contribution in [0.2, 0.25) is 0 Å². The van der Waals surface area contributed by atoms with E-state index in [2.05, 4.69) is 0 Å². The van der Waals surface area contributed by atoms with Crippen LogP contribution >= 0.6 is 11.8 Å². The summed E-state index contributed by atoms with van der Waals surface area (Å²) in [5.41, 5.74) is 0.872. The minimum atomic E-state index is -1.25. The summed E-state index contributed by atoms with van der Waals surface area (Å²) in [6, 6.07) is 15.7. The maximum absolute atomic E-state index is 12.7. The highest BCUT2D eigenvalue weighted by atomic mass is 32.2. The third-order valence-electron chi connectivity index (χ3n) is 5.52. The quantitative estimate of drug-likeness (QED) is 0.756. The number of hydrogen-bond acceptors (Lipinski definition) is 5. The Morgan fingerprint density at radius 3 is 2.32 bits per heavy atom. The number of benzene rings is 2. The number of carbonyl (C=O) groups excluding carboxylic acids is 1. The fourth-order valence-electron chi connectivity index (χ4n) is 3.58. The zero-order chi connectivity index (χ0) is 20.4. The largest absolute Gasteiger partial charge is 0.493 e. The molecule has 1 N–H and O–H groups in total. The van der Waals surface area contributed by atoms with Gasteiger partial charge in [0.05, 0.1) is 19.0 Å². The maximum atomic E-state index is 12.7. The Balaban J connectivity index is 1.75. The third-order valence-corrected chi connectivity index (χ3v) is 6.89. The summed E-state index contributed by atoms with van der Waals surface area (Å²) in [5, 5.41) is 11.2. The first-order valence-corrected chi connectivity index (χ1v) is 10.1. The van der Waals surface area contributed by atoms with E-state index in [-0.39, 0.29) is 5.24 Å². The van der Waals surface area contributed by atoms with Gasteiger partial charge in [0.2, 0.25) is 0 Å². The molecule has 1 amide bonds. The smallest absolute Gasteiger partial charge is 0.284 e. The SMILES string of the molecule is COc1ccc(CCN2C(=O)SC(C)(Cc3ccccc3)C2(C)O)cc1OC. The van der Waals surface area contributed by atoms with Crippen LogP contribution in [-0.2, 0) is 12.8 Å². The van der Waals surface area contributed by atoms with Crippen molar-refractivity contribution >= 4 is 17.0 Å². The summed E-state index contributed by atoms with van der Waals surface area (Å²) in [7, 11) is 3.20. The van der Waals surface area contributed by atoms with Gasteiger partial charge in [-0.15, -0.1) is 0 Å². The molecule has 1 aliphatic rings. The summed E-state index contributed by atoms with van der Waals surface area (Å²) in [6.45, 7) is 4.13. The fourth-order valence-corrected chi connectivity index (χ4v) is 4.89. The van der Waals surface area contributed by atoms with Gasteiger partial charge < -0.3 is 19.5 Å². The molecule has 2 aromatic rings. The summed E-state index contributed by atoms with van der Waals surface area (Å²) >= 11 is 1.22. The van der Waals surface area contributed by atoms with Crippen LogP contribution in [0.4, 0.5) is 4.79 Å². The van der Waals surface area contributed by atoms with Gasteiger partial charge in [0.1, 0.15) is 0 Å². The standard InChI is InChI=1S/C22H27NO4S/c1-21(15-17-8-6-5-7-9-17)22(2,25)23(20(24)28-21)13-12-16-10-11-18(26-3)19(14-16)27-4/h5-11,14,25H,12-13,15H2,1-4H3. The van der Waals surface area contributed by atoms with Gasteiger partial charge >= 0.3 is 0 Å². The second kappa shape index (κ2) is 8.05. The fraction of sp³-hybridized carbons (Fsp3) is 0.409. The average molecular weight is 402 g/mol. The van der Waals surface area contributed by atoms with Crippen LogP contribution in [0, 0.1) is 0 Å². The van der Waals surface area contributed by atoms with Crippen LogP contribution in [0.1, 0.15) is 25.0 Å². The van der Waals surface area contributed by atoms with Crippen molar-refractivity contribution in [2.24, 2.45) is 0 Å². The van der Waals surface area contributed by atoms with Crippen LogP contribution in [-0.4, -0.2) is 46.5 Å². The predicted molar refractivity (Wildman–Crippen MR) is 112 cm³/mol. The highest BCUT2D eigenvalue weighted by Crippen LogP contribution is 2.49. The van der Waals surface area contributed by atoms with E-state index in [0.717, 1.165) is 11.1 Å². The lowest BCUT2D eigenvalue weighted by Gasteiger charge is -2.39. The molecule has 0 aliphatic carbocycles. The van der Waals surface area contributed by atoms with Crippen LogP contribution in [0.3, 0.4) is 0 Å². The van der Waals surface area contributed by atoms with E-state index < -0.39 is 10.5 Å². The van der Waals surface area contributed by atoms with Gasteiger partial charge in [0.25, 0.3) is 5.24 Å². The number of nitrogens with zero attached hydrogens (tertiary/aromatic N) is 1. The van der Waals surface area contributed by atoms with E-state index in [0.29, 0.717) is 30.9 Å². The molecular formula is C22H27NO4S. The summed E-state index contributed by atoms with van der Waals surface area (Å²) < 4.78 is 10.00. The Hall–Kier alpha value is -2.18. The van der Waals surface area contributed by atoms with Gasteiger partial charge in [0, 0.05) is 6.54 Å². The third kappa shape index (κ3) is 3.84. The van der Waals surface area contributed by atoms with Crippen molar-refractivity contribution in [2.75, 3.05) is 20.8 Å². The predicted octanol–water partition coefficient (Wildman–Crippen LogP) is 4.13. The molecule has 0 aromatic heterocycles. The van der Waals surface area contributed by atoms with Gasteiger partial charge in [-0.3, -0.25) is 4.79 Å². The number of thioether (sulfide) groups is 1. The minimum Gasteiger partial charge on any atom is -0.493 e. The van der Waals surface area contributed by atoms with Crippen molar-refractivity contribution in [3.63, 3.8) is 0 Å². The molecule has 150 valence electrons. The lowest BCUT2D eigenvalue weighted by molar-refractivity contribution is -0.0786. The molecular weight excluding hydrogens is 374 g/mol. The number of rotatable bonds is 7. The maximum Gasteiger partial charge on any atom is 0.284 e. The second-order valence-corrected chi connectivity index (χ2v) is 8.83. The molecule has 28 heavy (non-hydrogen) atoms. The van der Waals surface area contributed by atoms with Gasteiger partial charge in [-0.1, -0.05) is 48.2 Å². The number of carbonyl (C=O) groups is 1. The Morgan fingerprint density at radius 2 is 1.68 bits per heavy atom. The van der Waals surface area contributed by atoms with Crippen molar-refractivity contribution in [3.8, 4) is 11.5 Å². The topological polar surface area (TPSA) is 59.0 Å². The van der Waals surface area contributed by atoms with E-state index in [4.69, 9.17) is 9.47 Å². The first kappa shape index (κ1) is 20.6. The van der Waals surface area contributed by atoms with Crippen molar-refractivity contribution < 1.29 is 19.4 Å². The average Bonchev–Trinajstić information content (AvgIpc) is 2.84. The zero-order valence-corrected chi connectivity index (χ0v) is 17.6. The van der Waals surface area contributed by atoms with E-state index in [1.54, 1.807) is 26.0 Å². The van der Waals surface area contributed by atoms with E-state index >= 15 is 0 Å². The Kier molecular flexibility index (Phi) is 5.91. The monoisotopic (exact) mass is 401 g/mol. The van der Waals surface area contributed by atoms with Crippen LogP contribution in [0.25, 0.3) is 0 Å². The summed E-state index contributed by atoms with van der Waals surface area (Å²) in [4.78, 5) is 14.3. The summed E-state index contributed by atoms with van der Waals surface area (Å²) in [6.07, 6.45) is 1.23. The molecule has 0 radical (unpaired) electrons. The van der Waals surface area contributed by atoms with E-state index in [9.17, 15) is 9.90 Å². The van der Waals surface area contributed by atoms with Crippen LogP contribution in [0.15, 0.2) is 48.5 Å². The van der Waals surface area contributed by atoms with E-state index in [1.807, 2.05) is 55.5 Å². The van der Waals surface area contributed by atoms with Crippen molar-refractivity contribution in [1.82, 2.24) is 4.90 Å². The Bertz CT molecular complexity index is 840. The van der Waals surface area contributed by atoms with Gasteiger partial charge in [-0.05, 0) is 49.9 Å². The molecule has 0 bridgehead atoms. The van der Waals surface area contributed by atoms with Gasteiger partial charge in [-0.25, -0.2) is 0 Å². The first-order valence-electron chi connectivity index (χ1n) is 9.28. The molecule has 6 heteroatoms. The molecule has 2 atom stereocenters. The number of ether oxygens (including phenoxy) is 2. The lowest BCUT2D eigenvalue weighted by Crippen LogP contribution is -2.55. The molecule has 5 nitrogen and oxygen atoms in total. The van der Waals surface area contributed by atoms with Crippen molar-refractivity contribution in [3.05, 3.63) is 59.7 Å². The van der Waals surface area contributed by atoms with E-state index in [1.165, 1.54) is 11.8 Å². The highest BCUT2D eigenvalue weighted by Gasteiger charge is 2.57. The van der Waals surface area contributed by atoms with Crippen molar-refractivity contribution in [1.29, 1.82) is 0 Å². The Labute approximate surface area is 170 Å². The minimum absolute atomic E-state index is 0.0936. The Morgan fingerprint density at radius 1 is 1.00 bits per heavy atom. The number of hydrogen-bond donors (Lipinski definition) is 1. The lowest BCUT2D eigenvalue weighted by atomic mass is 9.89. The highest BCUT2D eigenvalue weighted by molar-refractivity contribution is 8.15. The first-order chi connectivity index (χ1) is 13.3. The number of amides is 1. The second-order valence-electron chi connectivity index (χ2n) is 7.37. The molecule has 3 rings (SSSR count). The van der Waals surface area contributed by atoms with Crippen LogP contribution < -0.4 is 9.47 Å². The molecule has 2 unspecified atom stereocenters. The van der Waals surface area contributed by atoms with Gasteiger partial charge in [0.15, 0.2) is 17.2 Å². The van der Waals surface area contributed by atoms with Gasteiger partial charge in [-0.2, -0.15) is 0 Å². The normalized spacial score (nSPS) is 24.5. The molecule has 1 aliphatic heterocycles. The van der Waals surface area contributed by atoms with Crippen LogP contribution in [0.5, 0.6) is 11.5 Å². The van der Waals surface area contributed by atoms with Crippen molar-refractivity contribution in [2.45, 2.75) is 37.2 Å². The molecule has 0 saturated carbocycles. The molecule has 1 fully saturated rings. The molecule has 0 spiro atoms. The number of methoxy groups -OCH3 is 2. The molecule has 2 aromatic carbocycles.